The zero-order valence-electron chi connectivity index (χ0n) is 28.6. The lowest BCUT2D eigenvalue weighted by atomic mass is 9.33. The number of aryl methyl sites for hydroxylation is 2. The lowest BCUT2D eigenvalue weighted by molar-refractivity contribution is 1.23. The third-order valence-electron chi connectivity index (χ3n) is 11.1. The standard InChI is InChI=1S/C44H35BN4Si/c1-28-22-24-46-32(26-28)30-12-5-7-14-34(30)48-36-16-9-17-37-42(36)45-43-38(48)18-10-20-40(43)50(3,4)41-21-11-19-39(44(41)45)49(37)35-15-8-6-13-31(35)33-27-29(2)23-25-47-33/h5-27H,1-4H3. The molecule has 0 amide bonds. The Balaban J connectivity index is 1.31. The zero-order chi connectivity index (χ0) is 33.7. The van der Waals surface area contributed by atoms with E-state index in [1.165, 1.54) is 60.6 Å². The van der Waals surface area contributed by atoms with Crippen molar-refractivity contribution in [1.82, 2.24) is 9.97 Å². The van der Waals surface area contributed by atoms with E-state index in [0.717, 1.165) is 33.9 Å². The van der Waals surface area contributed by atoms with Crippen molar-refractivity contribution in [3.8, 4) is 22.5 Å². The molecule has 238 valence electrons. The predicted octanol–water partition coefficient (Wildman–Crippen LogP) is 7.65. The van der Waals surface area contributed by atoms with Crippen molar-refractivity contribution in [3.05, 3.63) is 151 Å². The summed E-state index contributed by atoms with van der Waals surface area (Å²) >= 11 is 0. The molecular weight excluding hydrogens is 623 g/mol. The summed E-state index contributed by atoms with van der Waals surface area (Å²) in [6.07, 6.45) is 3.85. The normalized spacial score (nSPS) is 14.4. The molecule has 0 aliphatic carbocycles. The summed E-state index contributed by atoms with van der Waals surface area (Å²) < 4.78 is 0. The van der Waals surface area contributed by atoms with Crippen molar-refractivity contribution >= 4 is 75.7 Å². The molecular formula is C44H35BN4Si. The van der Waals surface area contributed by atoms with Gasteiger partial charge in [0.1, 0.15) is 8.07 Å². The molecule has 0 saturated heterocycles. The maximum Gasteiger partial charge on any atom is 0.251 e. The highest BCUT2D eigenvalue weighted by atomic mass is 28.3. The summed E-state index contributed by atoms with van der Waals surface area (Å²) in [6, 6.07) is 47.1. The van der Waals surface area contributed by atoms with E-state index in [4.69, 9.17) is 9.97 Å². The highest BCUT2D eigenvalue weighted by Crippen LogP contribution is 2.47. The van der Waals surface area contributed by atoms with Crippen molar-refractivity contribution in [1.29, 1.82) is 0 Å². The molecule has 0 spiro atoms. The number of para-hydroxylation sites is 2. The molecule has 3 aliphatic rings. The van der Waals surface area contributed by atoms with E-state index >= 15 is 0 Å². The Morgan fingerprint density at radius 3 is 1.32 bits per heavy atom. The number of hydrogen-bond donors (Lipinski definition) is 0. The summed E-state index contributed by atoms with van der Waals surface area (Å²) in [5, 5.41) is 3.05. The number of aromatic nitrogens is 2. The fourth-order valence-corrected chi connectivity index (χ4v) is 12.1. The van der Waals surface area contributed by atoms with Gasteiger partial charge in [-0.2, -0.15) is 0 Å². The summed E-state index contributed by atoms with van der Waals surface area (Å²) in [7, 11) is -2.12. The quantitative estimate of drug-likeness (QED) is 0.182. The van der Waals surface area contributed by atoms with Gasteiger partial charge in [0.05, 0.1) is 22.8 Å². The number of anilines is 6. The molecule has 50 heavy (non-hydrogen) atoms. The molecule has 3 aliphatic heterocycles. The van der Waals surface area contributed by atoms with Crippen LogP contribution in [0.2, 0.25) is 13.1 Å². The molecule has 2 aromatic heterocycles. The van der Waals surface area contributed by atoms with Crippen LogP contribution in [0.3, 0.4) is 0 Å². The topological polar surface area (TPSA) is 32.3 Å². The largest absolute Gasteiger partial charge is 0.311 e. The van der Waals surface area contributed by atoms with Gasteiger partial charge >= 0.3 is 0 Å². The van der Waals surface area contributed by atoms with Gasteiger partial charge in [0.25, 0.3) is 6.71 Å². The Morgan fingerprint density at radius 2 is 0.860 bits per heavy atom. The van der Waals surface area contributed by atoms with E-state index in [0.29, 0.717) is 0 Å². The number of benzene rings is 5. The Labute approximate surface area is 294 Å². The summed E-state index contributed by atoms with van der Waals surface area (Å²) in [5.74, 6) is 0. The van der Waals surface area contributed by atoms with Crippen molar-refractivity contribution in [2.75, 3.05) is 9.80 Å². The number of hydrogen-bond acceptors (Lipinski definition) is 4. The number of pyridine rings is 2. The first-order valence-corrected chi connectivity index (χ1v) is 20.5. The molecule has 0 radical (unpaired) electrons. The van der Waals surface area contributed by atoms with Gasteiger partial charge in [-0.1, -0.05) is 90.2 Å². The Kier molecular flexibility index (Phi) is 6.22. The van der Waals surface area contributed by atoms with E-state index in [-0.39, 0.29) is 6.71 Å². The van der Waals surface area contributed by atoms with Crippen LogP contribution in [0.5, 0.6) is 0 Å². The minimum Gasteiger partial charge on any atom is -0.311 e. The number of rotatable bonds is 4. The molecule has 4 nitrogen and oxygen atoms in total. The maximum atomic E-state index is 4.88. The third kappa shape index (κ3) is 4.00. The molecule has 10 rings (SSSR count). The second-order valence-electron chi connectivity index (χ2n) is 14.4. The summed E-state index contributed by atoms with van der Waals surface area (Å²) in [6.45, 7) is 9.49. The predicted molar refractivity (Wildman–Crippen MR) is 213 cm³/mol. The molecule has 6 heteroatoms. The van der Waals surface area contributed by atoms with Gasteiger partial charge in [0, 0.05) is 46.3 Å². The van der Waals surface area contributed by atoms with Crippen LogP contribution in [-0.4, -0.2) is 24.8 Å². The minimum atomic E-state index is -2.12. The molecule has 5 aromatic carbocycles. The van der Waals surface area contributed by atoms with Crippen LogP contribution in [0, 0.1) is 13.8 Å². The van der Waals surface area contributed by atoms with Crippen LogP contribution in [0.15, 0.2) is 140 Å². The highest BCUT2D eigenvalue weighted by molar-refractivity contribution is 7.16. The first-order chi connectivity index (χ1) is 24.4. The second-order valence-corrected chi connectivity index (χ2v) is 18.7. The van der Waals surface area contributed by atoms with Crippen LogP contribution in [0.25, 0.3) is 22.5 Å². The van der Waals surface area contributed by atoms with Crippen molar-refractivity contribution in [3.63, 3.8) is 0 Å². The lowest BCUT2D eigenvalue weighted by Gasteiger charge is -2.50. The molecule has 0 bridgehead atoms. The molecule has 7 aromatic rings. The Morgan fingerprint density at radius 1 is 0.460 bits per heavy atom. The fourth-order valence-electron chi connectivity index (χ4n) is 8.91. The zero-order valence-corrected chi connectivity index (χ0v) is 29.6. The van der Waals surface area contributed by atoms with E-state index in [9.17, 15) is 0 Å². The molecule has 0 atom stereocenters. The van der Waals surface area contributed by atoms with E-state index in [2.05, 4.69) is 164 Å². The van der Waals surface area contributed by atoms with E-state index < -0.39 is 8.07 Å². The first kappa shape index (κ1) is 29.2. The molecule has 5 heterocycles. The monoisotopic (exact) mass is 658 g/mol. The van der Waals surface area contributed by atoms with Crippen molar-refractivity contribution in [2.24, 2.45) is 0 Å². The fraction of sp³-hybridized carbons (Fsp3) is 0.0909. The van der Waals surface area contributed by atoms with Gasteiger partial charge in [-0.15, -0.1) is 0 Å². The average Bonchev–Trinajstić information content (AvgIpc) is 3.14. The van der Waals surface area contributed by atoms with Crippen molar-refractivity contribution < 1.29 is 0 Å². The van der Waals surface area contributed by atoms with Gasteiger partial charge in [-0.25, -0.2) is 0 Å². The van der Waals surface area contributed by atoms with Gasteiger partial charge in [-0.05, 0) is 102 Å². The third-order valence-corrected chi connectivity index (χ3v) is 14.6. The second kappa shape index (κ2) is 10.6. The summed E-state index contributed by atoms with van der Waals surface area (Å²) in [5.41, 5.74) is 18.2. The van der Waals surface area contributed by atoms with Crippen molar-refractivity contribution in [2.45, 2.75) is 26.9 Å². The smallest absolute Gasteiger partial charge is 0.251 e. The van der Waals surface area contributed by atoms with Crippen LogP contribution < -0.4 is 36.6 Å². The minimum absolute atomic E-state index is 0.139. The van der Waals surface area contributed by atoms with Crippen LogP contribution in [0.1, 0.15) is 11.1 Å². The van der Waals surface area contributed by atoms with Crippen LogP contribution in [0.4, 0.5) is 34.1 Å². The molecule has 0 N–H and O–H groups in total. The van der Waals surface area contributed by atoms with Gasteiger partial charge in [0.15, 0.2) is 0 Å². The van der Waals surface area contributed by atoms with Gasteiger partial charge in [-0.3, -0.25) is 9.97 Å². The maximum absolute atomic E-state index is 4.88. The van der Waals surface area contributed by atoms with Crippen LogP contribution in [-0.2, 0) is 0 Å². The van der Waals surface area contributed by atoms with Crippen LogP contribution >= 0.6 is 0 Å². The Bertz CT molecular complexity index is 2370. The van der Waals surface area contributed by atoms with E-state index in [1.54, 1.807) is 0 Å². The highest BCUT2D eigenvalue weighted by Gasteiger charge is 2.51. The first-order valence-electron chi connectivity index (χ1n) is 17.5. The average molecular weight is 659 g/mol. The molecule has 0 unspecified atom stereocenters. The molecule has 0 saturated carbocycles. The summed E-state index contributed by atoms with van der Waals surface area (Å²) in [4.78, 5) is 14.8. The van der Waals surface area contributed by atoms with Gasteiger partial charge < -0.3 is 9.80 Å². The Hall–Kier alpha value is -5.72. The molecule has 0 fully saturated rings. The van der Waals surface area contributed by atoms with E-state index in [1.807, 2.05) is 12.4 Å². The lowest BCUT2D eigenvalue weighted by Crippen LogP contribution is -2.79. The SMILES string of the molecule is Cc1ccnc(-c2ccccc2N2c3cccc4c3B3c5c2cccc5[Si](C)(C)c2cccc(c23)N4c2ccccc2-c2cc(C)ccn2)c1. The number of nitrogens with zero attached hydrogens (tertiary/aromatic N) is 4. The van der Waals surface area contributed by atoms with Gasteiger partial charge in [0.2, 0.25) is 0 Å².